The van der Waals surface area contributed by atoms with Crippen LogP contribution in [0.3, 0.4) is 0 Å². The topological polar surface area (TPSA) is 93.1 Å². The molecule has 1 aliphatic heterocycles. The van der Waals surface area contributed by atoms with Crippen molar-refractivity contribution in [3.63, 3.8) is 0 Å². The summed E-state index contributed by atoms with van der Waals surface area (Å²) in [6.45, 7) is 0.781. The van der Waals surface area contributed by atoms with Gasteiger partial charge in [0.15, 0.2) is 17.7 Å². The molecule has 0 saturated carbocycles. The Morgan fingerprint density at radius 3 is 2.53 bits per heavy atom. The van der Waals surface area contributed by atoms with Crippen molar-refractivity contribution in [1.29, 1.82) is 0 Å². The number of hydrogen-bond acceptors (Lipinski definition) is 7. The molecule has 198 valence electrons. The van der Waals surface area contributed by atoms with Crippen LogP contribution < -0.4 is 14.8 Å². The van der Waals surface area contributed by atoms with E-state index in [9.17, 15) is 18.4 Å². The summed E-state index contributed by atoms with van der Waals surface area (Å²) in [5, 5.41) is 8.02. The van der Waals surface area contributed by atoms with Crippen LogP contribution in [0.1, 0.15) is 46.7 Å². The van der Waals surface area contributed by atoms with Gasteiger partial charge < -0.3 is 14.8 Å². The fourth-order valence-corrected chi connectivity index (χ4v) is 4.85. The zero-order valence-electron chi connectivity index (χ0n) is 20.9. The summed E-state index contributed by atoms with van der Waals surface area (Å²) in [5.74, 6) is -0.496. The molecule has 2 aromatic carbocycles. The number of nitrogens with one attached hydrogen (secondary N) is 1. The van der Waals surface area contributed by atoms with Crippen LogP contribution in [0, 0.1) is 6.92 Å². The van der Waals surface area contributed by atoms with Gasteiger partial charge in [0.2, 0.25) is 0 Å². The lowest BCUT2D eigenvalue weighted by molar-refractivity contribution is -0.0512. The minimum absolute atomic E-state index is 0.138. The van der Waals surface area contributed by atoms with Crippen LogP contribution in [0.15, 0.2) is 72.0 Å². The first kappa shape index (κ1) is 27.1. The Morgan fingerprint density at radius 2 is 1.89 bits per heavy atom. The Hall–Kier alpha value is -3.99. The van der Waals surface area contributed by atoms with Gasteiger partial charge in [0, 0.05) is 11.8 Å². The number of hydrazone groups is 1. The summed E-state index contributed by atoms with van der Waals surface area (Å²) in [6.07, 6.45) is 1.10. The number of benzene rings is 2. The number of pyridine rings is 1. The number of aromatic nitrogens is 1. The number of hydrogen-bond donors (Lipinski definition) is 1. The van der Waals surface area contributed by atoms with E-state index >= 15 is 0 Å². The monoisotopic (exact) mass is 540 g/mol. The summed E-state index contributed by atoms with van der Waals surface area (Å²) < 4.78 is 35.9. The zero-order valence-corrected chi connectivity index (χ0v) is 21.7. The molecule has 8 nitrogen and oxygen atoms in total. The molecule has 0 bridgehead atoms. The molecule has 0 fully saturated rings. The second-order valence-corrected chi connectivity index (χ2v) is 9.51. The van der Waals surface area contributed by atoms with Gasteiger partial charge in [0.1, 0.15) is 5.69 Å². The van der Waals surface area contributed by atoms with Gasteiger partial charge >= 0.3 is 11.9 Å². The Labute approximate surface area is 223 Å². The van der Waals surface area contributed by atoms with Crippen molar-refractivity contribution in [3.8, 4) is 11.5 Å². The van der Waals surface area contributed by atoms with Crippen molar-refractivity contribution in [2.24, 2.45) is 5.10 Å². The molecule has 3 aromatic rings. The standard InChI is InChI=1S/C27H26F2N4O4S/c1-4-22-23(18-12-13-20(36-3)21(15-18)37-26(28)29)32-33(27(35)38-22)24(17-10-8-16(2)9-11-17)31-25(34)19-7-5-6-14-30-19/h5-15,22,24,26H,4H2,1-3H3,(H,31,34). The zero-order chi connectivity index (χ0) is 27.2. The van der Waals surface area contributed by atoms with Crippen molar-refractivity contribution >= 4 is 28.6 Å². The lowest BCUT2D eigenvalue weighted by Gasteiger charge is -2.34. The first-order chi connectivity index (χ1) is 18.3. The molecule has 0 radical (unpaired) electrons. The second-order valence-electron chi connectivity index (χ2n) is 8.36. The number of rotatable bonds is 9. The number of aryl methyl sites for hydroxylation is 1. The maximum Gasteiger partial charge on any atom is 0.387 e. The molecule has 1 aliphatic rings. The highest BCUT2D eigenvalue weighted by Crippen LogP contribution is 2.36. The van der Waals surface area contributed by atoms with Gasteiger partial charge in [-0.1, -0.05) is 54.6 Å². The third-order valence-corrected chi connectivity index (χ3v) is 7.03. The highest BCUT2D eigenvalue weighted by atomic mass is 32.2. The van der Waals surface area contributed by atoms with Crippen molar-refractivity contribution in [2.45, 2.75) is 38.3 Å². The number of nitrogens with zero attached hydrogens (tertiary/aromatic N) is 3. The minimum atomic E-state index is -3.05. The molecular formula is C27H26F2N4O4S. The van der Waals surface area contributed by atoms with E-state index in [0.717, 1.165) is 17.3 Å². The van der Waals surface area contributed by atoms with Crippen LogP contribution in [0.4, 0.5) is 13.6 Å². The van der Waals surface area contributed by atoms with Gasteiger partial charge in [0.25, 0.3) is 5.91 Å². The number of amides is 2. The summed E-state index contributed by atoms with van der Waals surface area (Å²) in [5.41, 5.74) is 2.77. The molecule has 4 rings (SSSR count). The fraction of sp³-hybridized carbons (Fsp3) is 0.259. The van der Waals surface area contributed by atoms with Gasteiger partial charge in [-0.15, -0.1) is 0 Å². The van der Waals surface area contributed by atoms with E-state index in [-0.39, 0.29) is 27.7 Å². The summed E-state index contributed by atoms with van der Waals surface area (Å²) >= 11 is 1.05. The maximum atomic E-state index is 13.3. The average molecular weight is 541 g/mol. The summed E-state index contributed by atoms with van der Waals surface area (Å²) in [7, 11) is 1.35. The number of ether oxygens (including phenoxy) is 2. The Kier molecular flexibility index (Phi) is 8.57. The SMILES string of the molecule is CCC1SC(=O)N(C(NC(=O)c2ccccn2)c2ccc(C)cc2)N=C1c1ccc(OC)c(OC(F)F)c1. The molecule has 38 heavy (non-hydrogen) atoms. The van der Waals surface area contributed by atoms with Gasteiger partial charge in [-0.05, 0) is 49.2 Å². The Balaban J connectivity index is 1.78. The first-order valence-electron chi connectivity index (χ1n) is 11.8. The molecule has 1 N–H and O–H groups in total. The van der Waals surface area contributed by atoms with Crippen molar-refractivity contribution in [3.05, 3.63) is 89.2 Å². The van der Waals surface area contributed by atoms with Crippen LogP contribution in [0.2, 0.25) is 0 Å². The quantitative estimate of drug-likeness (QED) is 0.370. The predicted octanol–water partition coefficient (Wildman–Crippen LogP) is 5.78. The number of alkyl halides is 2. The number of carbonyl (C=O) groups excluding carboxylic acids is 2. The maximum absolute atomic E-state index is 13.3. The highest BCUT2D eigenvalue weighted by Gasteiger charge is 2.36. The highest BCUT2D eigenvalue weighted by molar-refractivity contribution is 8.14. The largest absolute Gasteiger partial charge is 0.493 e. The summed E-state index contributed by atoms with van der Waals surface area (Å²) in [4.78, 5) is 30.5. The lowest BCUT2D eigenvalue weighted by Crippen LogP contribution is -2.44. The molecule has 2 unspecified atom stereocenters. The fourth-order valence-electron chi connectivity index (χ4n) is 3.89. The van der Waals surface area contributed by atoms with Crippen molar-refractivity contribution in [2.75, 3.05) is 7.11 Å². The van der Waals surface area contributed by atoms with Crippen LogP contribution >= 0.6 is 11.8 Å². The minimum Gasteiger partial charge on any atom is -0.493 e. The second kappa shape index (κ2) is 12.0. The molecular weight excluding hydrogens is 514 g/mol. The third kappa shape index (κ3) is 6.10. The van der Waals surface area contributed by atoms with Crippen LogP contribution in [0.25, 0.3) is 0 Å². The van der Waals surface area contributed by atoms with Crippen LogP contribution in [-0.2, 0) is 0 Å². The molecule has 1 aromatic heterocycles. The van der Waals surface area contributed by atoms with Crippen molar-refractivity contribution in [1.82, 2.24) is 15.3 Å². The molecule has 2 heterocycles. The lowest BCUT2D eigenvalue weighted by atomic mass is 10.0. The van der Waals surface area contributed by atoms with E-state index in [1.807, 2.05) is 26.0 Å². The van der Waals surface area contributed by atoms with E-state index in [1.54, 1.807) is 36.4 Å². The molecule has 0 spiro atoms. The van der Waals surface area contributed by atoms with E-state index in [2.05, 4.69) is 20.1 Å². The van der Waals surface area contributed by atoms with E-state index < -0.39 is 18.7 Å². The number of thioether (sulfide) groups is 1. The number of methoxy groups -OCH3 is 1. The molecule has 11 heteroatoms. The molecule has 2 amide bonds. The van der Waals surface area contributed by atoms with Gasteiger partial charge in [-0.25, -0.2) is 0 Å². The summed E-state index contributed by atoms with van der Waals surface area (Å²) in [6, 6.07) is 16.9. The van der Waals surface area contributed by atoms with E-state index in [0.29, 0.717) is 23.3 Å². The van der Waals surface area contributed by atoms with Gasteiger partial charge in [-0.2, -0.15) is 18.9 Å². The first-order valence-corrected chi connectivity index (χ1v) is 12.7. The molecule has 0 aliphatic carbocycles. The Morgan fingerprint density at radius 1 is 1.13 bits per heavy atom. The van der Waals surface area contributed by atoms with E-state index in [1.165, 1.54) is 30.4 Å². The van der Waals surface area contributed by atoms with Crippen molar-refractivity contribution < 1.29 is 27.8 Å². The smallest absolute Gasteiger partial charge is 0.387 e. The number of carbonyl (C=O) groups is 2. The van der Waals surface area contributed by atoms with Gasteiger partial charge in [-0.3, -0.25) is 14.6 Å². The predicted molar refractivity (Wildman–Crippen MR) is 141 cm³/mol. The van der Waals surface area contributed by atoms with Crippen LogP contribution in [0.5, 0.6) is 11.5 Å². The molecule has 2 atom stereocenters. The third-order valence-electron chi connectivity index (χ3n) is 5.80. The normalized spacial score (nSPS) is 16.2. The van der Waals surface area contributed by atoms with Crippen LogP contribution in [-0.4, -0.2) is 45.8 Å². The average Bonchev–Trinajstić information content (AvgIpc) is 2.92. The molecule has 0 saturated heterocycles. The Bertz CT molecular complexity index is 1320. The van der Waals surface area contributed by atoms with Gasteiger partial charge in [0.05, 0.1) is 18.1 Å². The van der Waals surface area contributed by atoms with E-state index in [4.69, 9.17) is 4.74 Å². The number of halogens is 2.